The molecule has 0 aliphatic carbocycles. The number of nitrogens with zero attached hydrogens (tertiary/aromatic N) is 5. The van der Waals surface area contributed by atoms with E-state index in [0.717, 1.165) is 63.0 Å². The Kier molecular flexibility index (Phi) is 8.94. The highest BCUT2D eigenvalue weighted by atomic mass is 32.2. The molecule has 3 N–H and O–H groups in total. The van der Waals surface area contributed by atoms with Gasteiger partial charge in [0.1, 0.15) is 29.2 Å². The van der Waals surface area contributed by atoms with Crippen LogP contribution in [0.2, 0.25) is 0 Å². The Labute approximate surface area is 258 Å². The van der Waals surface area contributed by atoms with Gasteiger partial charge in [-0.1, -0.05) is 6.07 Å². The summed E-state index contributed by atoms with van der Waals surface area (Å²) in [6.45, 7) is 3.83. The second-order valence-electron chi connectivity index (χ2n) is 10.6. The summed E-state index contributed by atoms with van der Waals surface area (Å²) in [5.41, 5.74) is 2.51. The number of benzene rings is 1. The molecular formula is C28H26F5N7O5S. The minimum atomic E-state index is -5.08. The molecule has 12 nitrogen and oxygen atoms in total. The number of methoxy groups -OCH3 is 1. The first kappa shape index (κ1) is 32.7. The summed E-state index contributed by atoms with van der Waals surface area (Å²) in [4.78, 5) is 27.9. The number of hydrogen-bond acceptors (Lipinski definition) is 10. The summed E-state index contributed by atoms with van der Waals surface area (Å²) in [5.74, 6) is -4.52. The number of hydrogen-bond donors (Lipinski definition) is 3. The summed E-state index contributed by atoms with van der Waals surface area (Å²) < 4.78 is 93.5. The molecule has 2 aliphatic heterocycles. The number of halogens is 5. The van der Waals surface area contributed by atoms with Crippen molar-refractivity contribution in [3.63, 3.8) is 0 Å². The SMILES string of the molecule is COc1ncc(-c2ccc3ncnc(N4CCC5(CC4)CNC5)c3n2)cc1NS(=O)(=O)c1c(F)cccc1F.O=C(O)C(F)(F)F. The lowest BCUT2D eigenvalue weighted by Gasteiger charge is -2.48. The monoisotopic (exact) mass is 667 g/mol. The van der Waals surface area contributed by atoms with Crippen LogP contribution >= 0.6 is 0 Å². The van der Waals surface area contributed by atoms with E-state index in [1.54, 1.807) is 6.07 Å². The lowest BCUT2D eigenvalue weighted by atomic mass is 9.73. The fourth-order valence-electron chi connectivity index (χ4n) is 5.11. The van der Waals surface area contributed by atoms with Crippen LogP contribution in [0.25, 0.3) is 22.3 Å². The van der Waals surface area contributed by atoms with Gasteiger partial charge in [0.2, 0.25) is 5.88 Å². The molecule has 0 unspecified atom stereocenters. The van der Waals surface area contributed by atoms with Crippen LogP contribution in [0.15, 0.2) is 53.8 Å². The van der Waals surface area contributed by atoms with Crippen LogP contribution in [0.3, 0.4) is 0 Å². The minimum Gasteiger partial charge on any atom is -0.480 e. The predicted molar refractivity (Wildman–Crippen MR) is 155 cm³/mol. The summed E-state index contributed by atoms with van der Waals surface area (Å²) in [5, 5.41) is 10.5. The van der Waals surface area contributed by atoms with Crippen molar-refractivity contribution in [1.29, 1.82) is 0 Å². The van der Waals surface area contributed by atoms with Crippen molar-refractivity contribution in [2.75, 3.05) is 42.9 Å². The number of ether oxygens (including phenoxy) is 1. The molecule has 0 saturated carbocycles. The predicted octanol–water partition coefficient (Wildman–Crippen LogP) is 4.00. The number of fused-ring (bicyclic) bond motifs is 1. The van der Waals surface area contributed by atoms with Crippen LogP contribution in [0, 0.1) is 17.0 Å². The van der Waals surface area contributed by atoms with Crippen molar-refractivity contribution in [3.05, 3.63) is 60.6 Å². The number of pyridine rings is 2. The molecule has 244 valence electrons. The Morgan fingerprint density at radius 3 is 2.28 bits per heavy atom. The van der Waals surface area contributed by atoms with E-state index in [2.05, 4.69) is 29.9 Å². The third kappa shape index (κ3) is 6.76. The van der Waals surface area contributed by atoms with Crippen LogP contribution in [0.1, 0.15) is 12.8 Å². The molecule has 2 fully saturated rings. The van der Waals surface area contributed by atoms with E-state index in [-0.39, 0.29) is 11.6 Å². The van der Waals surface area contributed by atoms with Crippen LogP contribution in [-0.2, 0) is 14.8 Å². The molecule has 46 heavy (non-hydrogen) atoms. The van der Waals surface area contributed by atoms with Gasteiger partial charge in [-0.05, 0) is 48.6 Å². The maximum Gasteiger partial charge on any atom is 0.490 e. The molecule has 18 heteroatoms. The molecule has 0 amide bonds. The molecule has 1 spiro atoms. The van der Waals surface area contributed by atoms with Crippen LogP contribution in [0.4, 0.5) is 33.5 Å². The average Bonchev–Trinajstić information content (AvgIpc) is 2.99. The Balaban J connectivity index is 0.000000537. The van der Waals surface area contributed by atoms with Gasteiger partial charge in [-0.25, -0.2) is 41.9 Å². The van der Waals surface area contributed by atoms with E-state index in [4.69, 9.17) is 19.6 Å². The van der Waals surface area contributed by atoms with Gasteiger partial charge in [0.05, 0.1) is 18.3 Å². The first-order chi connectivity index (χ1) is 21.7. The van der Waals surface area contributed by atoms with E-state index >= 15 is 0 Å². The number of piperidine rings is 1. The van der Waals surface area contributed by atoms with Gasteiger partial charge >= 0.3 is 12.1 Å². The van der Waals surface area contributed by atoms with Crippen molar-refractivity contribution in [2.24, 2.45) is 5.41 Å². The zero-order valence-electron chi connectivity index (χ0n) is 24.0. The maximum absolute atomic E-state index is 14.2. The Hall–Kier alpha value is -4.71. The Morgan fingerprint density at radius 1 is 1.07 bits per heavy atom. The standard InChI is InChI=1S/C26H25F2N7O3S.C2HF3O2/c1-38-25-21(34-39(36,37)23-17(27)3-2-4-18(23)28)11-16(12-30-25)19-5-6-20-22(33-19)24(32-15-31-20)35-9-7-26(8-10-35)13-29-14-26;3-2(4,5)1(6)7/h2-6,11-12,15,29,34H,7-10,13-14H2,1H3;(H,6,7). The van der Waals surface area contributed by atoms with E-state index in [1.165, 1.54) is 25.7 Å². The number of aliphatic carboxylic acids is 1. The number of anilines is 2. The van der Waals surface area contributed by atoms with Crippen LogP contribution in [-0.4, -0.2) is 78.9 Å². The number of rotatable bonds is 6. The Morgan fingerprint density at radius 2 is 1.72 bits per heavy atom. The number of alkyl halides is 3. The third-order valence-corrected chi connectivity index (χ3v) is 9.02. The van der Waals surface area contributed by atoms with Crippen molar-refractivity contribution in [2.45, 2.75) is 23.9 Å². The second kappa shape index (κ2) is 12.6. The molecule has 0 atom stereocenters. The molecule has 4 aromatic rings. The molecular weight excluding hydrogens is 641 g/mol. The van der Waals surface area contributed by atoms with Gasteiger partial charge in [-0.3, -0.25) is 4.72 Å². The number of nitrogens with one attached hydrogen (secondary N) is 2. The second-order valence-corrected chi connectivity index (χ2v) is 12.2. The zero-order chi connectivity index (χ0) is 33.3. The molecule has 6 rings (SSSR count). The minimum absolute atomic E-state index is 0.0726. The average molecular weight is 668 g/mol. The number of carboxylic acids is 1. The van der Waals surface area contributed by atoms with Gasteiger partial charge in [0, 0.05) is 37.9 Å². The summed E-state index contributed by atoms with van der Waals surface area (Å²) in [6.07, 6.45) is 0.0591. The normalized spacial score (nSPS) is 15.9. The number of carboxylic acid groups (broad SMARTS) is 1. The van der Waals surface area contributed by atoms with E-state index in [9.17, 15) is 30.4 Å². The highest BCUT2D eigenvalue weighted by molar-refractivity contribution is 7.92. The highest BCUT2D eigenvalue weighted by Gasteiger charge is 2.40. The summed E-state index contributed by atoms with van der Waals surface area (Å²) in [7, 11) is -3.33. The fraction of sp³-hybridized carbons (Fsp3) is 0.321. The summed E-state index contributed by atoms with van der Waals surface area (Å²) >= 11 is 0. The lowest BCUT2D eigenvalue weighted by Crippen LogP contribution is -2.58. The van der Waals surface area contributed by atoms with E-state index in [0.29, 0.717) is 27.7 Å². The molecule has 2 saturated heterocycles. The molecule has 2 aliphatic rings. The van der Waals surface area contributed by atoms with Crippen molar-refractivity contribution >= 4 is 38.5 Å². The third-order valence-electron chi connectivity index (χ3n) is 7.60. The largest absolute Gasteiger partial charge is 0.490 e. The van der Waals surface area contributed by atoms with Crippen molar-refractivity contribution in [3.8, 4) is 17.1 Å². The number of sulfonamides is 1. The van der Waals surface area contributed by atoms with Gasteiger partial charge in [-0.2, -0.15) is 13.2 Å². The Bertz CT molecular complexity index is 1860. The van der Waals surface area contributed by atoms with Crippen molar-refractivity contribution < 1.29 is 45.0 Å². The van der Waals surface area contributed by atoms with Gasteiger partial charge in [-0.15, -0.1) is 0 Å². The van der Waals surface area contributed by atoms with Gasteiger partial charge in [0.25, 0.3) is 10.0 Å². The van der Waals surface area contributed by atoms with Gasteiger partial charge in [0.15, 0.2) is 10.7 Å². The van der Waals surface area contributed by atoms with Gasteiger partial charge < -0.3 is 20.1 Å². The van der Waals surface area contributed by atoms with E-state index < -0.39 is 38.7 Å². The van der Waals surface area contributed by atoms with Crippen LogP contribution in [0.5, 0.6) is 5.88 Å². The number of carbonyl (C=O) groups is 1. The first-order valence-electron chi connectivity index (χ1n) is 13.6. The summed E-state index contributed by atoms with van der Waals surface area (Å²) in [6, 6.07) is 7.83. The maximum atomic E-state index is 14.2. The topological polar surface area (TPSA) is 160 Å². The fourth-order valence-corrected chi connectivity index (χ4v) is 6.30. The zero-order valence-corrected chi connectivity index (χ0v) is 24.8. The molecule has 0 bridgehead atoms. The van der Waals surface area contributed by atoms with Crippen LogP contribution < -0.4 is 19.7 Å². The lowest BCUT2D eigenvalue weighted by molar-refractivity contribution is -0.192. The number of aromatic nitrogens is 4. The molecule has 0 radical (unpaired) electrons. The quantitative estimate of drug-likeness (QED) is 0.255. The smallest absolute Gasteiger partial charge is 0.480 e. The van der Waals surface area contributed by atoms with E-state index in [1.807, 2.05) is 6.07 Å². The molecule has 3 aromatic heterocycles. The molecule has 1 aromatic carbocycles. The highest BCUT2D eigenvalue weighted by Crippen LogP contribution is 2.38. The molecule has 5 heterocycles. The first-order valence-corrected chi connectivity index (χ1v) is 15.1. The van der Waals surface area contributed by atoms with Crippen molar-refractivity contribution in [1.82, 2.24) is 25.3 Å².